The van der Waals surface area contributed by atoms with Crippen LogP contribution < -0.4 is 11.1 Å². The number of rotatable bonds is 3. The number of hydrogen-bond donors (Lipinski definition) is 2. The van der Waals surface area contributed by atoms with E-state index in [1.807, 2.05) is 32.0 Å². The van der Waals surface area contributed by atoms with Gasteiger partial charge in [0.2, 0.25) is 0 Å². The van der Waals surface area contributed by atoms with Crippen LogP contribution in [0.4, 0.5) is 15.8 Å². The molecule has 18 heavy (non-hydrogen) atoms. The van der Waals surface area contributed by atoms with Crippen molar-refractivity contribution in [2.75, 3.05) is 11.1 Å². The van der Waals surface area contributed by atoms with Crippen molar-refractivity contribution < 1.29 is 4.39 Å². The van der Waals surface area contributed by atoms with E-state index in [1.165, 1.54) is 12.1 Å². The summed E-state index contributed by atoms with van der Waals surface area (Å²) in [6.07, 6.45) is 0. The summed E-state index contributed by atoms with van der Waals surface area (Å²) < 4.78 is 12.9. The molecule has 0 bridgehead atoms. The standard InChI is InChI=1S/C15H17FN2/c1-10-14(17)4-3-5-15(10)18-11(2)12-6-8-13(16)9-7-12/h3-9,11,18H,17H2,1-2H3. The Morgan fingerprint density at radius 3 is 2.44 bits per heavy atom. The van der Waals surface area contributed by atoms with E-state index in [0.717, 1.165) is 22.5 Å². The summed E-state index contributed by atoms with van der Waals surface area (Å²) in [5.74, 6) is -0.217. The average Bonchev–Trinajstić information content (AvgIpc) is 2.36. The van der Waals surface area contributed by atoms with E-state index in [0.29, 0.717) is 0 Å². The smallest absolute Gasteiger partial charge is 0.123 e. The first kappa shape index (κ1) is 12.4. The molecule has 0 saturated carbocycles. The van der Waals surface area contributed by atoms with Gasteiger partial charge in [0.25, 0.3) is 0 Å². The number of anilines is 2. The number of hydrogen-bond acceptors (Lipinski definition) is 2. The number of nitrogens with two attached hydrogens (primary N) is 1. The molecule has 0 aliphatic carbocycles. The van der Waals surface area contributed by atoms with Gasteiger partial charge in [-0.25, -0.2) is 4.39 Å². The minimum absolute atomic E-state index is 0.103. The Hall–Kier alpha value is -2.03. The summed E-state index contributed by atoms with van der Waals surface area (Å²) in [5.41, 5.74) is 9.72. The maximum Gasteiger partial charge on any atom is 0.123 e. The van der Waals surface area contributed by atoms with Gasteiger partial charge in [0.1, 0.15) is 5.82 Å². The molecule has 1 unspecified atom stereocenters. The van der Waals surface area contributed by atoms with Crippen molar-refractivity contribution in [3.05, 3.63) is 59.4 Å². The van der Waals surface area contributed by atoms with E-state index < -0.39 is 0 Å². The van der Waals surface area contributed by atoms with Crippen molar-refractivity contribution in [3.63, 3.8) is 0 Å². The van der Waals surface area contributed by atoms with E-state index >= 15 is 0 Å². The Bertz CT molecular complexity index is 535. The van der Waals surface area contributed by atoms with Crippen LogP contribution in [0.5, 0.6) is 0 Å². The minimum atomic E-state index is -0.217. The molecule has 0 heterocycles. The summed E-state index contributed by atoms with van der Waals surface area (Å²) in [5, 5.41) is 3.38. The number of halogens is 1. The van der Waals surface area contributed by atoms with Crippen LogP contribution in [0.15, 0.2) is 42.5 Å². The van der Waals surface area contributed by atoms with Crippen molar-refractivity contribution in [2.24, 2.45) is 0 Å². The lowest BCUT2D eigenvalue weighted by molar-refractivity contribution is 0.626. The third kappa shape index (κ3) is 2.62. The molecule has 3 heteroatoms. The second kappa shape index (κ2) is 5.08. The van der Waals surface area contributed by atoms with E-state index in [-0.39, 0.29) is 11.9 Å². The summed E-state index contributed by atoms with van der Waals surface area (Å²) >= 11 is 0. The van der Waals surface area contributed by atoms with Crippen molar-refractivity contribution in [3.8, 4) is 0 Å². The third-order valence-corrected chi connectivity index (χ3v) is 3.12. The molecule has 0 radical (unpaired) electrons. The molecule has 3 N–H and O–H groups in total. The van der Waals surface area contributed by atoms with Crippen molar-refractivity contribution in [2.45, 2.75) is 19.9 Å². The molecule has 0 saturated heterocycles. The van der Waals surface area contributed by atoms with Crippen LogP contribution in [0.2, 0.25) is 0 Å². The lowest BCUT2D eigenvalue weighted by Gasteiger charge is -2.18. The topological polar surface area (TPSA) is 38.0 Å². The Kier molecular flexibility index (Phi) is 3.51. The van der Waals surface area contributed by atoms with Gasteiger partial charge in [0.05, 0.1) is 0 Å². The van der Waals surface area contributed by atoms with Crippen LogP contribution in [0.1, 0.15) is 24.1 Å². The zero-order valence-corrected chi connectivity index (χ0v) is 10.6. The number of nitrogen functional groups attached to an aromatic ring is 1. The predicted octanol–water partition coefficient (Wildman–Crippen LogP) is 3.89. The van der Waals surface area contributed by atoms with Gasteiger partial charge in [-0.3, -0.25) is 0 Å². The molecule has 1 atom stereocenters. The first-order chi connectivity index (χ1) is 8.58. The van der Waals surface area contributed by atoms with E-state index in [2.05, 4.69) is 5.32 Å². The van der Waals surface area contributed by atoms with Gasteiger partial charge in [-0.1, -0.05) is 18.2 Å². The molecule has 2 aromatic rings. The largest absolute Gasteiger partial charge is 0.398 e. The molecule has 0 spiro atoms. The number of nitrogens with one attached hydrogen (secondary N) is 1. The van der Waals surface area contributed by atoms with Gasteiger partial charge in [-0.2, -0.15) is 0 Å². The molecular weight excluding hydrogens is 227 g/mol. The molecule has 0 aliphatic rings. The molecule has 2 rings (SSSR count). The molecule has 0 aromatic heterocycles. The second-order valence-electron chi connectivity index (χ2n) is 4.44. The molecular formula is C15H17FN2. The summed E-state index contributed by atoms with van der Waals surface area (Å²) in [6, 6.07) is 12.4. The fraction of sp³-hybridized carbons (Fsp3) is 0.200. The van der Waals surface area contributed by atoms with Crippen LogP contribution in [0, 0.1) is 12.7 Å². The van der Waals surface area contributed by atoms with E-state index in [1.54, 1.807) is 12.1 Å². The quantitative estimate of drug-likeness (QED) is 0.804. The fourth-order valence-electron chi connectivity index (χ4n) is 1.88. The van der Waals surface area contributed by atoms with E-state index in [4.69, 9.17) is 5.73 Å². The van der Waals surface area contributed by atoms with Crippen molar-refractivity contribution in [1.29, 1.82) is 0 Å². The van der Waals surface area contributed by atoms with Gasteiger partial charge in [0, 0.05) is 17.4 Å². The van der Waals surface area contributed by atoms with Gasteiger partial charge in [0.15, 0.2) is 0 Å². The first-order valence-corrected chi connectivity index (χ1v) is 5.95. The highest BCUT2D eigenvalue weighted by molar-refractivity contribution is 5.63. The molecule has 2 aromatic carbocycles. The summed E-state index contributed by atoms with van der Waals surface area (Å²) in [6.45, 7) is 4.02. The Labute approximate surface area is 107 Å². The lowest BCUT2D eigenvalue weighted by atomic mass is 10.1. The second-order valence-corrected chi connectivity index (χ2v) is 4.44. The lowest BCUT2D eigenvalue weighted by Crippen LogP contribution is -2.08. The van der Waals surface area contributed by atoms with Crippen LogP contribution in [-0.2, 0) is 0 Å². The van der Waals surface area contributed by atoms with Crippen LogP contribution >= 0.6 is 0 Å². The van der Waals surface area contributed by atoms with Gasteiger partial charge < -0.3 is 11.1 Å². The van der Waals surface area contributed by atoms with Crippen molar-refractivity contribution in [1.82, 2.24) is 0 Å². The Morgan fingerprint density at radius 1 is 1.11 bits per heavy atom. The van der Waals surface area contributed by atoms with Gasteiger partial charge in [-0.05, 0) is 49.2 Å². The van der Waals surface area contributed by atoms with Crippen LogP contribution in [0.3, 0.4) is 0 Å². The van der Waals surface area contributed by atoms with Gasteiger partial charge in [-0.15, -0.1) is 0 Å². The Morgan fingerprint density at radius 2 is 1.78 bits per heavy atom. The highest BCUT2D eigenvalue weighted by Gasteiger charge is 2.07. The highest BCUT2D eigenvalue weighted by Crippen LogP contribution is 2.25. The molecule has 0 amide bonds. The predicted molar refractivity (Wildman–Crippen MR) is 74.0 cm³/mol. The maximum absolute atomic E-state index is 12.9. The van der Waals surface area contributed by atoms with Crippen molar-refractivity contribution >= 4 is 11.4 Å². The van der Waals surface area contributed by atoms with Crippen LogP contribution in [0.25, 0.3) is 0 Å². The molecule has 2 nitrogen and oxygen atoms in total. The van der Waals surface area contributed by atoms with Gasteiger partial charge >= 0.3 is 0 Å². The fourth-order valence-corrected chi connectivity index (χ4v) is 1.88. The maximum atomic E-state index is 12.9. The van der Waals surface area contributed by atoms with E-state index in [9.17, 15) is 4.39 Å². The number of benzene rings is 2. The monoisotopic (exact) mass is 244 g/mol. The zero-order chi connectivity index (χ0) is 13.1. The molecule has 0 aliphatic heterocycles. The molecule has 0 fully saturated rings. The minimum Gasteiger partial charge on any atom is -0.398 e. The zero-order valence-electron chi connectivity index (χ0n) is 10.6. The average molecular weight is 244 g/mol. The van der Waals surface area contributed by atoms with Crippen LogP contribution in [-0.4, -0.2) is 0 Å². The highest BCUT2D eigenvalue weighted by atomic mass is 19.1. The third-order valence-electron chi connectivity index (χ3n) is 3.12. The normalized spacial score (nSPS) is 12.2. The Balaban J connectivity index is 2.18. The first-order valence-electron chi connectivity index (χ1n) is 5.95. The summed E-state index contributed by atoms with van der Waals surface area (Å²) in [7, 11) is 0. The molecule has 94 valence electrons. The summed E-state index contributed by atoms with van der Waals surface area (Å²) in [4.78, 5) is 0. The SMILES string of the molecule is Cc1c(N)cccc1NC(C)c1ccc(F)cc1.